The maximum absolute atomic E-state index is 5.25. The summed E-state index contributed by atoms with van der Waals surface area (Å²) in [5.41, 5.74) is 1.17. The first-order chi connectivity index (χ1) is 8.45. The maximum Gasteiger partial charge on any atom is 0.105 e. The Bertz CT molecular complexity index is 397. The molecule has 0 saturated heterocycles. The van der Waals surface area contributed by atoms with Crippen molar-refractivity contribution >= 4 is 5.69 Å². The molecule has 0 aliphatic rings. The number of benzene rings is 1. The van der Waals surface area contributed by atoms with Gasteiger partial charge in [-0.15, -0.1) is 0 Å². The van der Waals surface area contributed by atoms with Gasteiger partial charge in [0.15, 0.2) is 0 Å². The number of rotatable bonds is 7. The lowest BCUT2D eigenvalue weighted by atomic mass is 10.3. The van der Waals surface area contributed by atoms with Crippen LogP contribution >= 0.6 is 0 Å². The van der Waals surface area contributed by atoms with E-state index >= 15 is 0 Å². The molecule has 0 spiro atoms. The predicted octanol–water partition coefficient (Wildman–Crippen LogP) is 2.52. The van der Waals surface area contributed by atoms with Crippen LogP contribution in [0.15, 0.2) is 53.1 Å². The van der Waals surface area contributed by atoms with E-state index in [0.717, 1.165) is 31.8 Å². The topological polar surface area (TPSA) is 37.2 Å². The van der Waals surface area contributed by atoms with E-state index in [-0.39, 0.29) is 0 Å². The van der Waals surface area contributed by atoms with Crippen molar-refractivity contribution in [3.05, 3.63) is 54.5 Å². The van der Waals surface area contributed by atoms with Gasteiger partial charge in [0.1, 0.15) is 5.76 Å². The average Bonchev–Trinajstić information content (AvgIpc) is 2.88. The first kappa shape index (κ1) is 11.7. The highest BCUT2D eigenvalue weighted by atomic mass is 16.3. The zero-order chi connectivity index (χ0) is 11.8. The van der Waals surface area contributed by atoms with Crippen molar-refractivity contribution in [2.75, 3.05) is 25.0 Å². The summed E-state index contributed by atoms with van der Waals surface area (Å²) in [5.74, 6) is 1.04. The van der Waals surface area contributed by atoms with Crippen LogP contribution in [0.2, 0.25) is 0 Å². The van der Waals surface area contributed by atoms with Crippen molar-refractivity contribution in [3.63, 3.8) is 0 Å². The average molecular weight is 230 g/mol. The molecule has 1 heterocycles. The molecule has 0 unspecified atom stereocenters. The summed E-state index contributed by atoms with van der Waals surface area (Å²) >= 11 is 0. The van der Waals surface area contributed by atoms with E-state index in [1.807, 2.05) is 30.3 Å². The van der Waals surface area contributed by atoms with E-state index in [9.17, 15) is 0 Å². The van der Waals surface area contributed by atoms with Crippen molar-refractivity contribution in [2.24, 2.45) is 0 Å². The van der Waals surface area contributed by atoms with Crippen molar-refractivity contribution in [1.82, 2.24) is 5.32 Å². The monoisotopic (exact) mass is 230 g/mol. The molecule has 2 N–H and O–H groups in total. The standard InChI is InChI=1S/C14H18N2O/c1-2-5-13(6-3-1)16-11-10-15-9-8-14-7-4-12-17-14/h1-7,12,15-16H,8-11H2. The molecule has 3 heteroatoms. The van der Waals surface area contributed by atoms with Gasteiger partial charge >= 0.3 is 0 Å². The minimum absolute atomic E-state index is 0.933. The smallest absolute Gasteiger partial charge is 0.105 e. The molecule has 0 aliphatic carbocycles. The van der Waals surface area contributed by atoms with Gasteiger partial charge in [-0.1, -0.05) is 18.2 Å². The highest BCUT2D eigenvalue weighted by Crippen LogP contribution is 2.03. The van der Waals surface area contributed by atoms with Gasteiger partial charge in [0.25, 0.3) is 0 Å². The molecule has 17 heavy (non-hydrogen) atoms. The molecular formula is C14H18N2O. The lowest BCUT2D eigenvalue weighted by Crippen LogP contribution is -2.24. The van der Waals surface area contributed by atoms with Crippen LogP contribution in [-0.2, 0) is 6.42 Å². The molecular weight excluding hydrogens is 212 g/mol. The van der Waals surface area contributed by atoms with Gasteiger partial charge in [-0.25, -0.2) is 0 Å². The molecule has 1 aromatic carbocycles. The van der Waals surface area contributed by atoms with E-state index in [1.54, 1.807) is 6.26 Å². The van der Waals surface area contributed by atoms with Crippen molar-refractivity contribution in [3.8, 4) is 0 Å². The van der Waals surface area contributed by atoms with Crippen LogP contribution in [0.3, 0.4) is 0 Å². The lowest BCUT2D eigenvalue weighted by Gasteiger charge is -2.06. The van der Waals surface area contributed by atoms with Crippen LogP contribution in [0.25, 0.3) is 0 Å². The number of anilines is 1. The Labute approximate surface area is 102 Å². The van der Waals surface area contributed by atoms with Crippen LogP contribution in [0.1, 0.15) is 5.76 Å². The minimum atomic E-state index is 0.933. The number of hydrogen-bond acceptors (Lipinski definition) is 3. The quantitative estimate of drug-likeness (QED) is 0.718. The molecule has 0 fully saturated rings. The van der Waals surface area contributed by atoms with Crippen LogP contribution in [0, 0.1) is 0 Å². The van der Waals surface area contributed by atoms with Gasteiger partial charge in [-0.2, -0.15) is 0 Å². The maximum atomic E-state index is 5.25. The van der Waals surface area contributed by atoms with Gasteiger partial charge in [-0.05, 0) is 24.3 Å². The summed E-state index contributed by atoms with van der Waals surface area (Å²) in [6.45, 7) is 2.84. The largest absolute Gasteiger partial charge is 0.469 e. The Kier molecular flexibility index (Phi) is 4.67. The first-order valence-corrected chi connectivity index (χ1v) is 5.97. The van der Waals surface area contributed by atoms with E-state index in [0.29, 0.717) is 0 Å². The van der Waals surface area contributed by atoms with E-state index in [2.05, 4.69) is 22.8 Å². The third-order valence-electron chi connectivity index (χ3n) is 2.53. The molecule has 90 valence electrons. The van der Waals surface area contributed by atoms with E-state index in [1.165, 1.54) is 5.69 Å². The predicted molar refractivity (Wildman–Crippen MR) is 70.2 cm³/mol. The fourth-order valence-corrected chi connectivity index (χ4v) is 1.64. The fraction of sp³-hybridized carbons (Fsp3) is 0.286. The van der Waals surface area contributed by atoms with Gasteiger partial charge < -0.3 is 15.1 Å². The Balaban J connectivity index is 1.52. The summed E-state index contributed by atoms with van der Waals surface area (Å²) in [6.07, 6.45) is 2.66. The van der Waals surface area contributed by atoms with Gasteiger partial charge in [0, 0.05) is 31.7 Å². The molecule has 0 saturated carbocycles. The first-order valence-electron chi connectivity index (χ1n) is 5.97. The lowest BCUT2D eigenvalue weighted by molar-refractivity contribution is 0.500. The molecule has 0 aliphatic heterocycles. The zero-order valence-electron chi connectivity index (χ0n) is 9.86. The van der Waals surface area contributed by atoms with Crippen LogP contribution in [-0.4, -0.2) is 19.6 Å². The third-order valence-corrected chi connectivity index (χ3v) is 2.53. The summed E-state index contributed by atoms with van der Waals surface area (Å²) in [4.78, 5) is 0. The highest BCUT2D eigenvalue weighted by molar-refractivity contribution is 5.42. The minimum Gasteiger partial charge on any atom is -0.469 e. The molecule has 2 aromatic rings. The normalized spacial score (nSPS) is 10.4. The Hall–Kier alpha value is -1.74. The molecule has 0 radical (unpaired) electrons. The molecule has 0 atom stereocenters. The summed E-state index contributed by atoms with van der Waals surface area (Å²) in [6, 6.07) is 14.2. The number of furan rings is 1. The molecule has 0 bridgehead atoms. The molecule has 2 rings (SSSR count). The number of para-hydroxylation sites is 1. The van der Waals surface area contributed by atoms with E-state index in [4.69, 9.17) is 4.42 Å². The highest BCUT2D eigenvalue weighted by Gasteiger charge is 1.94. The van der Waals surface area contributed by atoms with Crippen molar-refractivity contribution in [2.45, 2.75) is 6.42 Å². The number of hydrogen-bond donors (Lipinski definition) is 2. The number of nitrogens with one attached hydrogen (secondary N) is 2. The zero-order valence-corrected chi connectivity index (χ0v) is 9.86. The van der Waals surface area contributed by atoms with Gasteiger partial charge in [-0.3, -0.25) is 0 Å². The van der Waals surface area contributed by atoms with E-state index < -0.39 is 0 Å². The van der Waals surface area contributed by atoms with Gasteiger partial charge in [0.2, 0.25) is 0 Å². The Morgan fingerprint density at radius 2 is 1.76 bits per heavy atom. The molecule has 1 aromatic heterocycles. The Morgan fingerprint density at radius 3 is 2.53 bits per heavy atom. The second kappa shape index (κ2) is 6.76. The van der Waals surface area contributed by atoms with Crippen LogP contribution in [0.5, 0.6) is 0 Å². The third kappa shape index (κ3) is 4.33. The second-order valence-corrected chi connectivity index (χ2v) is 3.87. The molecule has 3 nitrogen and oxygen atoms in total. The Morgan fingerprint density at radius 1 is 0.882 bits per heavy atom. The van der Waals surface area contributed by atoms with Crippen molar-refractivity contribution < 1.29 is 4.42 Å². The van der Waals surface area contributed by atoms with Crippen LogP contribution < -0.4 is 10.6 Å². The SMILES string of the molecule is c1ccc(NCCNCCc2ccco2)cc1. The summed E-state index contributed by atoms with van der Waals surface area (Å²) < 4.78 is 5.25. The molecule has 0 amide bonds. The van der Waals surface area contributed by atoms with Gasteiger partial charge in [0.05, 0.1) is 6.26 Å². The fourth-order valence-electron chi connectivity index (χ4n) is 1.64. The summed E-state index contributed by atoms with van der Waals surface area (Å²) in [7, 11) is 0. The second-order valence-electron chi connectivity index (χ2n) is 3.87. The van der Waals surface area contributed by atoms with Crippen LogP contribution in [0.4, 0.5) is 5.69 Å². The summed E-state index contributed by atoms with van der Waals surface area (Å²) in [5, 5.41) is 6.72. The van der Waals surface area contributed by atoms with Crippen molar-refractivity contribution in [1.29, 1.82) is 0 Å².